The highest BCUT2D eigenvalue weighted by molar-refractivity contribution is 6.22. The van der Waals surface area contributed by atoms with Gasteiger partial charge in [0.1, 0.15) is 11.5 Å². The SMILES string of the molecule is CC(=O)/C(=C(\C)O)c1cccc(/C(C(C)=O)=C(/C)O)c1. The summed E-state index contributed by atoms with van der Waals surface area (Å²) in [5.41, 5.74) is 1.42. The second-order valence-electron chi connectivity index (χ2n) is 4.61. The summed E-state index contributed by atoms with van der Waals surface area (Å²) in [6.45, 7) is 5.59. The van der Waals surface area contributed by atoms with Gasteiger partial charge in [-0.3, -0.25) is 9.59 Å². The van der Waals surface area contributed by atoms with Gasteiger partial charge in [-0.2, -0.15) is 0 Å². The third-order valence-corrected chi connectivity index (χ3v) is 2.87. The average Bonchev–Trinajstić information content (AvgIpc) is 2.27. The Kier molecular flexibility index (Phi) is 4.86. The van der Waals surface area contributed by atoms with E-state index in [4.69, 9.17) is 0 Å². The van der Waals surface area contributed by atoms with Crippen molar-refractivity contribution in [3.05, 3.63) is 46.9 Å². The molecule has 0 fully saturated rings. The Bertz CT molecular complexity index is 562. The summed E-state index contributed by atoms with van der Waals surface area (Å²) in [5, 5.41) is 19.2. The van der Waals surface area contributed by atoms with Crippen LogP contribution in [0.1, 0.15) is 38.8 Å². The molecule has 106 valence electrons. The molecule has 4 heteroatoms. The Morgan fingerprint density at radius 1 is 0.800 bits per heavy atom. The molecule has 0 spiro atoms. The highest BCUT2D eigenvalue weighted by Gasteiger charge is 2.15. The lowest BCUT2D eigenvalue weighted by Gasteiger charge is -2.10. The Labute approximate surface area is 118 Å². The summed E-state index contributed by atoms with van der Waals surface area (Å²) >= 11 is 0. The van der Waals surface area contributed by atoms with E-state index in [2.05, 4.69) is 0 Å². The summed E-state index contributed by atoms with van der Waals surface area (Å²) in [6, 6.07) is 6.62. The molecule has 0 bridgehead atoms. The summed E-state index contributed by atoms with van der Waals surface area (Å²) in [5.74, 6) is -0.695. The number of hydrogen-bond donors (Lipinski definition) is 2. The highest BCUT2D eigenvalue weighted by atomic mass is 16.3. The Hall–Kier alpha value is -2.36. The molecule has 20 heavy (non-hydrogen) atoms. The van der Waals surface area contributed by atoms with E-state index in [0.29, 0.717) is 11.1 Å². The van der Waals surface area contributed by atoms with E-state index in [0.717, 1.165) is 0 Å². The van der Waals surface area contributed by atoms with Crippen LogP contribution in [-0.2, 0) is 9.59 Å². The number of Topliss-reactive ketones (excluding diaryl/α,β-unsaturated/α-hetero) is 2. The summed E-state index contributed by atoms with van der Waals surface area (Å²) < 4.78 is 0. The smallest absolute Gasteiger partial charge is 0.163 e. The van der Waals surface area contributed by atoms with E-state index in [1.54, 1.807) is 24.3 Å². The third-order valence-electron chi connectivity index (χ3n) is 2.87. The predicted octanol–water partition coefficient (Wildman–Crippen LogP) is 3.44. The van der Waals surface area contributed by atoms with Crippen molar-refractivity contribution >= 4 is 22.7 Å². The van der Waals surface area contributed by atoms with Crippen LogP contribution < -0.4 is 0 Å². The van der Waals surface area contributed by atoms with Gasteiger partial charge in [0.15, 0.2) is 11.6 Å². The van der Waals surface area contributed by atoms with Gasteiger partial charge in [-0.15, -0.1) is 0 Å². The van der Waals surface area contributed by atoms with Crippen LogP contribution in [0, 0.1) is 0 Å². The molecule has 4 nitrogen and oxygen atoms in total. The van der Waals surface area contributed by atoms with Crippen LogP contribution in [0.3, 0.4) is 0 Å². The van der Waals surface area contributed by atoms with Crippen LogP contribution in [-0.4, -0.2) is 21.8 Å². The van der Waals surface area contributed by atoms with Crippen molar-refractivity contribution < 1.29 is 19.8 Å². The Balaban J connectivity index is 3.49. The molecule has 0 heterocycles. The van der Waals surface area contributed by atoms with Crippen LogP contribution in [0.25, 0.3) is 11.1 Å². The third kappa shape index (κ3) is 3.35. The van der Waals surface area contributed by atoms with E-state index in [-0.39, 0.29) is 34.2 Å². The summed E-state index contributed by atoms with van der Waals surface area (Å²) in [4.78, 5) is 23.2. The topological polar surface area (TPSA) is 74.6 Å². The highest BCUT2D eigenvalue weighted by Crippen LogP contribution is 2.25. The number of hydrogen-bond acceptors (Lipinski definition) is 4. The van der Waals surface area contributed by atoms with Gasteiger partial charge >= 0.3 is 0 Å². The fraction of sp³-hybridized carbons (Fsp3) is 0.250. The molecule has 0 saturated carbocycles. The normalized spacial score (nSPS) is 13.4. The van der Waals surface area contributed by atoms with Gasteiger partial charge in [-0.05, 0) is 44.9 Å². The van der Waals surface area contributed by atoms with Crippen molar-refractivity contribution in [2.45, 2.75) is 27.7 Å². The van der Waals surface area contributed by atoms with E-state index >= 15 is 0 Å². The van der Waals surface area contributed by atoms with Crippen LogP contribution in [0.5, 0.6) is 0 Å². The summed E-state index contributed by atoms with van der Waals surface area (Å²) in [6.07, 6.45) is 0. The molecule has 0 aliphatic carbocycles. The van der Waals surface area contributed by atoms with Gasteiger partial charge in [0.25, 0.3) is 0 Å². The van der Waals surface area contributed by atoms with Crippen molar-refractivity contribution in [2.24, 2.45) is 0 Å². The average molecular weight is 274 g/mol. The molecular formula is C16H18O4. The first kappa shape index (κ1) is 15.7. The number of allylic oxidation sites excluding steroid dienone is 4. The number of carbonyl (C=O) groups is 2. The van der Waals surface area contributed by atoms with E-state index in [9.17, 15) is 19.8 Å². The van der Waals surface area contributed by atoms with Gasteiger partial charge in [0, 0.05) is 0 Å². The monoisotopic (exact) mass is 274 g/mol. The number of ketones is 2. The molecule has 1 aromatic carbocycles. The molecule has 0 radical (unpaired) electrons. The van der Waals surface area contributed by atoms with Crippen LogP contribution in [0.4, 0.5) is 0 Å². The molecule has 0 atom stereocenters. The lowest BCUT2D eigenvalue weighted by Crippen LogP contribution is -2.03. The van der Waals surface area contributed by atoms with E-state index in [1.165, 1.54) is 27.7 Å². The zero-order valence-electron chi connectivity index (χ0n) is 12.0. The maximum absolute atomic E-state index is 11.6. The van der Waals surface area contributed by atoms with Crippen molar-refractivity contribution in [3.63, 3.8) is 0 Å². The number of aliphatic hydroxyl groups is 2. The Morgan fingerprint density at radius 2 is 1.15 bits per heavy atom. The number of aliphatic hydroxyl groups excluding tert-OH is 2. The van der Waals surface area contributed by atoms with Gasteiger partial charge in [-0.25, -0.2) is 0 Å². The fourth-order valence-electron chi connectivity index (χ4n) is 2.16. The van der Waals surface area contributed by atoms with Crippen LogP contribution in [0.2, 0.25) is 0 Å². The first-order chi connectivity index (χ1) is 9.25. The van der Waals surface area contributed by atoms with Crippen molar-refractivity contribution in [1.82, 2.24) is 0 Å². The lowest BCUT2D eigenvalue weighted by atomic mass is 9.95. The van der Waals surface area contributed by atoms with Crippen LogP contribution in [0.15, 0.2) is 35.8 Å². The number of benzene rings is 1. The molecule has 0 unspecified atom stereocenters. The summed E-state index contributed by atoms with van der Waals surface area (Å²) in [7, 11) is 0. The molecule has 1 aromatic rings. The first-order valence-corrected chi connectivity index (χ1v) is 6.18. The number of carbonyl (C=O) groups excluding carboxylic acids is 2. The largest absolute Gasteiger partial charge is 0.512 e. The lowest BCUT2D eigenvalue weighted by molar-refractivity contribution is -0.112. The minimum atomic E-state index is -0.267. The fourth-order valence-corrected chi connectivity index (χ4v) is 2.16. The number of rotatable bonds is 4. The molecule has 0 aliphatic heterocycles. The molecule has 0 saturated heterocycles. The van der Waals surface area contributed by atoms with Crippen molar-refractivity contribution in [1.29, 1.82) is 0 Å². The minimum absolute atomic E-state index is 0.0799. The minimum Gasteiger partial charge on any atom is -0.512 e. The zero-order valence-corrected chi connectivity index (χ0v) is 12.0. The quantitative estimate of drug-likeness (QED) is 0.651. The maximum Gasteiger partial charge on any atom is 0.163 e. The van der Waals surface area contributed by atoms with Gasteiger partial charge in [0.2, 0.25) is 0 Å². The molecular weight excluding hydrogens is 256 g/mol. The standard InChI is InChI=1S/C16H18O4/c1-9(17)15(10(2)18)13-6-5-7-14(8-13)16(11(3)19)12(4)20/h5-8,17,19H,1-4H3/b15-9-,16-11-. The van der Waals surface area contributed by atoms with E-state index < -0.39 is 0 Å². The van der Waals surface area contributed by atoms with Gasteiger partial charge in [0.05, 0.1) is 11.1 Å². The molecule has 0 aliphatic rings. The maximum atomic E-state index is 11.6. The van der Waals surface area contributed by atoms with Crippen molar-refractivity contribution in [3.8, 4) is 0 Å². The zero-order chi connectivity index (χ0) is 15.4. The second-order valence-corrected chi connectivity index (χ2v) is 4.61. The molecule has 2 N–H and O–H groups in total. The van der Waals surface area contributed by atoms with Gasteiger partial charge < -0.3 is 10.2 Å². The van der Waals surface area contributed by atoms with Crippen molar-refractivity contribution in [2.75, 3.05) is 0 Å². The second kappa shape index (κ2) is 6.19. The molecule has 0 amide bonds. The molecule has 0 aromatic heterocycles. The first-order valence-electron chi connectivity index (χ1n) is 6.18. The van der Waals surface area contributed by atoms with Crippen LogP contribution >= 0.6 is 0 Å². The van der Waals surface area contributed by atoms with Gasteiger partial charge in [-0.1, -0.05) is 18.2 Å². The Morgan fingerprint density at radius 3 is 1.40 bits per heavy atom. The molecule has 1 rings (SSSR count). The predicted molar refractivity (Wildman–Crippen MR) is 78.2 cm³/mol. The van der Waals surface area contributed by atoms with E-state index in [1.807, 2.05) is 0 Å².